The molecule has 1 aliphatic heterocycles. The van der Waals surface area contributed by atoms with E-state index < -0.39 is 5.67 Å². The van der Waals surface area contributed by atoms with Gasteiger partial charge in [0.15, 0.2) is 5.67 Å². The molecule has 4 rings (SSSR count). The van der Waals surface area contributed by atoms with Crippen LogP contribution in [0.3, 0.4) is 0 Å². The number of likely N-dealkylation sites (tertiary alicyclic amines) is 1. The summed E-state index contributed by atoms with van der Waals surface area (Å²) in [5.74, 6) is 0. The van der Waals surface area contributed by atoms with E-state index in [1.165, 1.54) is 11.1 Å². The van der Waals surface area contributed by atoms with Crippen LogP contribution in [0.5, 0.6) is 0 Å². The second kappa shape index (κ2) is 6.21. The molecule has 0 unspecified atom stereocenters. The third-order valence-electron chi connectivity index (χ3n) is 4.79. The summed E-state index contributed by atoms with van der Waals surface area (Å²) in [6.07, 6.45) is 0. The largest absolute Gasteiger partial charge is 0.285 e. The monoisotopic (exact) mass is 317 g/mol. The Morgan fingerprint density at radius 1 is 0.667 bits per heavy atom. The van der Waals surface area contributed by atoms with Crippen LogP contribution in [0.4, 0.5) is 4.39 Å². The van der Waals surface area contributed by atoms with Gasteiger partial charge in [-0.25, -0.2) is 4.39 Å². The molecule has 0 saturated carbocycles. The highest BCUT2D eigenvalue weighted by Crippen LogP contribution is 2.42. The fourth-order valence-corrected chi connectivity index (χ4v) is 3.58. The number of hydrogen-bond donors (Lipinski definition) is 0. The topological polar surface area (TPSA) is 3.24 Å². The van der Waals surface area contributed by atoms with Crippen molar-refractivity contribution in [2.75, 3.05) is 13.1 Å². The van der Waals surface area contributed by atoms with Gasteiger partial charge in [-0.15, -0.1) is 0 Å². The first kappa shape index (κ1) is 15.1. The molecular formula is C22H20FN. The molecule has 1 saturated heterocycles. The van der Waals surface area contributed by atoms with E-state index in [1.54, 1.807) is 0 Å². The molecule has 0 amide bonds. The van der Waals surface area contributed by atoms with E-state index >= 15 is 4.39 Å². The van der Waals surface area contributed by atoms with Gasteiger partial charge in [-0.3, -0.25) is 4.90 Å². The maximum Gasteiger partial charge on any atom is 0.161 e. The summed E-state index contributed by atoms with van der Waals surface area (Å²) in [6.45, 7) is 0.844. The molecule has 0 bridgehead atoms. The summed E-state index contributed by atoms with van der Waals surface area (Å²) in [7, 11) is 0. The first-order chi connectivity index (χ1) is 11.8. The minimum atomic E-state index is -1.25. The van der Waals surface area contributed by atoms with Crippen LogP contribution in [0.15, 0.2) is 91.0 Å². The van der Waals surface area contributed by atoms with Gasteiger partial charge in [0.2, 0.25) is 0 Å². The normalized spacial score (nSPS) is 16.8. The van der Waals surface area contributed by atoms with Crippen molar-refractivity contribution in [1.29, 1.82) is 0 Å². The van der Waals surface area contributed by atoms with E-state index in [1.807, 2.05) is 66.7 Å². The Bertz CT molecular complexity index is 740. The fourth-order valence-electron chi connectivity index (χ4n) is 3.58. The van der Waals surface area contributed by atoms with E-state index in [4.69, 9.17) is 0 Å². The van der Waals surface area contributed by atoms with Crippen LogP contribution in [0.25, 0.3) is 0 Å². The molecule has 1 aliphatic rings. The summed E-state index contributed by atoms with van der Waals surface area (Å²) in [4.78, 5) is 2.22. The molecule has 3 aromatic carbocycles. The SMILES string of the molecule is FC1(c2ccccc2)CN(C(c2ccccc2)c2ccccc2)C1. The maximum atomic E-state index is 15.2. The van der Waals surface area contributed by atoms with Crippen LogP contribution in [-0.4, -0.2) is 18.0 Å². The van der Waals surface area contributed by atoms with Gasteiger partial charge in [-0.05, 0) is 16.7 Å². The van der Waals surface area contributed by atoms with Crippen molar-refractivity contribution < 1.29 is 4.39 Å². The van der Waals surface area contributed by atoms with Crippen LogP contribution in [0.1, 0.15) is 22.7 Å². The number of rotatable bonds is 4. The lowest BCUT2D eigenvalue weighted by Gasteiger charge is -2.49. The van der Waals surface area contributed by atoms with Gasteiger partial charge in [-0.1, -0.05) is 91.0 Å². The van der Waals surface area contributed by atoms with Gasteiger partial charge in [0.05, 0.1) is 6.04 Å². The average Bonchev–Trinajstić information content (AvgIpc) is 2.63. The summed E-state index contributed by atoms with van der Waals surface area (Å²) >= 11 is 0. The number of hydrogen-bond acceptors (Lipinski definition) is 1. The Labute approximate surface area is 142 Å². The molecule has 2 heteroatoms. The van der Waals surface area contributed by atoms with Gasteiger partial charge in [0.25, 0.3) is 0 Å². The van der Waals surface area contributed by atoms with Crippen LogP contribution < -0.4 is 0 Å². The molecule has 0 aliphatic carbocycles. The standard InChI is InChI=1S/C22H20FN/c23-22(20-14-8-3-9-15-20)16-24(17-22)21(18-10-4-1-5-11-18)19-12-6-2-7-13-19/h1-15,21H,16-17H2. The molecule has 1 heterocycles. The molecule has 24 heavy (non-hydrogen) atoms. The van der Waals surface area contributed by atoms with Crippen molar-refractivity contribution in [3.8, 4) is 0 Å². The van der Waals surface area contributed by atoms with Gasteiger partial charge in [-0.2, -0.15) is 0 Å². The van der Waals surface area contributed by atoms with Crippen molar-refractivity contribution in [2.24, 2.45) is 0 Å². The fraction of sp³-hybridized carbons (Fsp3) is 0.182. The lowest BCUT2D eigenvalue weighted by Crippen LogP contribution is -2.57. The minimum absolute atomic E-state index is 0.0972. The Kier molecular flexibility index (Phi) is 3.91. The zero-order chi connectivity index (χ0) is 16.4. The van der Waals surface area contributed by atoms with E-state index in [2.05, 4.69) is 29.2 Å². The average molecular weight is 317 g/mol. The zero-order valence-corrected chi connectivity index (χ0v) is 13.5. The molecule has 1 nitrogen and oxygen atoms in total. The molecule has 120 valence electrons. The Hall–Kier alpha value is -2.45. The van der Waals surface area contributed by atoms with Crippen molar-refractivity contribution in [1.82, 2.24) is 4.90 Å². The van der Waals surface area contributed by atoms with E-state index in [-0.39, 0.29) is 6.04 Å². The first-order valence-corrected chi connectivity index (χ1v) is 8.35. The van der Waals surface area contributed by atoms with Crippen LogP contribution >= 0.6 is 0 Å². The van der Waals surface area contributed by atoms with Gasteiger partial charge >= 0.3 is 0 Å². The molecule has 0 aromatic heterocycles. The van der Waals surface area contributed by atoms with Crippen LogP contribution in [0.2, 0.25) is 0 Å². The van der Waals surface area contributed by atoms with Crippen molar-refractivity contribution >= 4 is 0 Å². The van der Waals surface area contributed by atoms with E-state index in [9.17, 15) is 0 Å². The minimum Gasteiger partial charge on any atom is -0.285 e. The lowest BCUT2D eigenvalue weighted by atomic mass is 9.84. The summed E-state index contributed by atoms with van der Waals surface area (Å²) < 4.78 is 15.2. The lowest BCUT2D eigenvalue weighted by molar-refractivity contribution is -0.0542. The second-order valence-corrected chi connectivity index (χ2v) is 6.46. The summed E-state index contributed by atoms with van der Waals surface area (Å²) in [5, 5.41) is 0. The third kappa shape index (κ3) is 2.74. The second-order valence-electron chi connectivity index (χ2n) is 6.46. The smallest absolute Gasteiger partial charge is 0.161 e. The first-order valence-electron chi connectivity index (χ1n) is 8.35. The predicted molar refractivity (Wildman–Crippen MR) is 95.5 cm³/mol. The summed E-state index contributed by atoms with van der Waals surface area (Å²) in [5.41, 5.74) is 1.95. The number of halogens is 1. The van der Waals surface area contributed by atoms with E-state index in [0.717, 1.165) is 5.56 Å². The highest BCUT2D eigenvalue weighted by Gasteiger charge is 2.47. The molecule has 0 atom stereocenters. The van der Waals surface area contributed by atoms with Crippen molar-refractivity contribution in [3.63, 3.8) is 0 Å². The maximum absolute atomic E-state index is 15.2. The predicted octanol–water partition coefficient (Wildman–Crippen LogP) is 4.96. The van der Waals surface area contributed by atoms with Gasteiger partial charge < -0.3 is 0 Å². The Balaban J connectivity index is 1.63. The Morgan fingerprint density at radius 2 is 1.08 bits per heavy atom. The molecule has 0 spiro atoms. The van der Waals surface area contributed by atoms with E-state index in [0.29, 0.717) is 13.1 Å². The molecule has 3 aromatic rings. The molecule has 0 radical (unpaired) electrons. The highest BCUT2D eigenvalue weighted by molar-refractivity contribution is 5.35. The number of alkyl halides is 1. The third-order valence-corrected chi connectivity index (χ3v) is 4.79. The quantitative estimate of drug-likeness (QED) is 0.657. The highest BCUT2D eigenvalue weighted by atomic mass is 19.1. The van der Waals surface area contributed by atoms with Crippen molar-refractivity contribution in [3.05, 3.63) is 108 Å². The van der Waals surface area contributed by atoms with Crippen LogP contribution in [-0.2, 0) is 5.67 Å². The zero-order valence-electron chi connectivity index (χ0n) is 13.5. The summed E-state index contributed by atoms with van der Waals surface area (Å²) in [6, 6.07) is 30.3. The number of benzene rings is 3. The molecule has 1 fully saturated rings. The Morgan fingerprint density at radius 3 is 1.54 bits per heavy atom. The molecular weight excluding hydrogens is 297 g/mol. The molecule has 0 N–H and O–H groups in total. The van der Waals surface area contributed by atoms with Gasteiger partial charge in [0.1, 0.15) is 0 Å². The number of nitrogens with zero attached hydrogens (tertiary/aromatic N) is 1. The van der Waals surface area contributed by atoms with Crippen LogP contribution in [0, 0.1) is 0 Å². The van der Waals surface area contributed by atoms with Gasteiger partial charge in [0, 0.05) is 13.1 Å². The van der Waals surface area contributed by atoms with Crippen molar-refractivity contribution in [2.45, 2.75) is 11.7 Å².